The Kier molecular flexibility index (Phi) is 4.16. The Labute approximate surface area is 140 Å². The lowest BCUT2D eigenvalue weighted by Crippen LogP contribution is -2.12. The number of esters is 1. The summed E-state index contributed by atoms with van der Waals surface area (Å²) < 4.78 is 10.5. The molecule has 3 rings (SSSR count). The quantitative estimate of drug-likeness (QED) is 0.532. The molecule has 0 atom stereocenters. The van der Waals surface area contributed by atoms with Crippen molar-refractivity contribution in [1.29, 1.82) is 0 Å². The fraction of sp³-hybridized carbons (Fsp3) is 0.211. The van der Waals surface area contributed by atoms with Crippen molar-refractivity contribution >= 4 is 5.97 Å². The molecule has 0 aliphatic rings. The summed E-state index contributed by atoms with van der Waals surface area (Å²) in [5.74, 6) is 0.495. The molecule has 0 bridgehead atoms. The smallest absolute Gasteiger partial charge is 0.343 e. The van der Waals surface area contributed by atoms with E-state index in [2.05, 4.69) is 31.0 Å². The number of carbonyl (C=O) groups excluding carboxylic acids is 1. The Balaban J connectivity index is 1.70. The lowest BCUT2D eigenvalue weighted by molar-refractivity contribution is 0.0734. The lowest BCUT2D eigenvalue weighted by Gasteiger charge is -2.18. The van der Waals surface area contributed by atoms with Crippen molar-refractivity contribution in [3.05, 3.63) is 66.1 Å². The minimum atomic E-state index is -0.388. The zero-order valence-electron chi connectivity index (χ0n) is 13.8. The van der Waals surface area contributed by atoms with E-state index in [1.807, 2.05) is 12.1 Å². The van der Waals surface area contributed by atoms with E-state index >= 15 is 0 Å². The second kappa shape index (κ2) is 6.28. The lowest BCUT2D eigenvalue weighted by atomic mass is 9.87. The molecule has 3 aromatic rings. The average Bonchev–Trinajstić information content (AvgIpc) is 3.09. The second-order valence-corrected chi connectivity index (χ2v) is 6.49. The van der Waals surface area contributed by atoms with Crippen LogP contribution in [-0.4, -0.2) is 16.2 Å². The zero-order chi connectivity index (χ0) is 17.2. The van der Waals surface area contributed by atoms with E-state index in [1.165, 1.54) is 12.0 Å². The SMILES string of the molecule is CC(C)(C)c1ccc(C(=O)Oc2ccc(-c3nnco3)cc2)cc1. The normalized spacial score (nSPS) is 11.3. The summed E-state index contributed by atoms with van der Waals surface area (Å²) in [6.45, 7) is 6.39. The Bertz CT molecular complexity index is 815. The minimum Gasteiger partial charge on any atom is -0.423 e. The second-order valence-electron chi connectivity index (χ2n) is 6.49. The number of carbonyl (C=O) groups is 1. The monoisotopic (exact) mass is 322 g/mol. The van der Waals surface area contributed by atoms with Crippen LogP contribution in [0.15, 0.2) is 59.3 Å². The van der Waals surface area contributed by atoms with Gasteiger partial charge in [-0.1, -0.05) is 32.9 Å². The Morgan fingerprint density at radius 3 is 2.21 bits per heavy atom. The van der Waals surface area contributed by atoms with Crippen LogP contribution in [0.5, 0.6) is 5.75 Å². The molecule has 0 N–H and O–H groups in total. The third-order valence-corrected chi connectivity index (χ3v) is 3.66. The molecule has 0 unspecified atom stereocenters. The molecule has 5 heteroatoms. The third-order valence-electron chi connectivity index (χ3n) is 3.66. The van der Waals surface area contributed by atoms with Crippen molar-refractivity contribution in [3.63, 3.8) is 0 Å². The van der Waals surface area contributed by atoms with Gasteiger partial charge in [0.25, 0.3) is 0 Å². The van der Waals surface area contributed by atoms with Gasteiger partial charge in [0.1, 0.15) is 5.75 Å². The van der Waals surface area contributed by atoms with Gasteiger partial charge in [-0.2, -0.15) is 0 Å². The fourth-order valence-electron chi connectivity index (χ4n) is 2.24. The first-order valence-corrected chi connectivity index (χ1v) is 7.63. The summed E-state index contributed by atoms with van der Waals surface area (Å²) >= 11 is 0. The molecule has 0 saturated carbocycles. The summed E-state index contributed by atoms with van der Waals surface area (Å²) in [6.07, 6.45) is 1.27. The molecule has 0 amide bonds. The summed E-state index contributed by atoms with van der Waals surface area (Å²) in [7, 11) is 0. The Hall–Kier alpha value is -2.95. The van der Waals surface area contributed by atoms with Gasteiger partial charge in [-0.25, -0.2) is 4.79 Å². The van der Waals surface area contributed by atoms with E-state index in [0.717, 1.165) is 5.56 Å². The maximum Gasteiger partial charge on any atom is 0.343 e. The molecule has 1 aromatic heterocycles. The number of hydrogen-bond acceptors (Lipinski definition) is 5. The highest BCUT2D eigenvalue weighted by molar-refractivity contribution is 5.91. The van der Waals surface area contributed by atoms with Crippen molar-refractivity contribution in [1.82, 2.24) is 10.2 Å². The number of nitrogens with zero attached hydrogens (tertiary/aromatic N) is 2. The summed E-state index contributed by atoms with van der Waals surface area (Å²) in [6, 6.07) is 14.4. The highest BCUT2D eigenvalue weighted by Gasteiger charge is 2.15. The highest BCUT2D eigenvalue weighted by atomic mass is 16.5. The molecule has 2 aromatic carbocycles. The molecule has 122 valence electrons. The van der Waals surface area contributed by atoms with Crippen LogP contribution in [0.25, 0.3) is 11.5 Å². The van der Waals surface area contributed by atoms with Crippen LogP contribution in [0.3, 0.4) is 0 Å². The van der Waals surface area contributed by atoms with Gasteiger partial charge in [0.15, 0.2) is 0 Å². The summed E-state index contributed by atoms with van der Waals surface area (Å²) in [4.78, 5) is 12.2. The standard InChI is InChI=1S/C19H18N2O3/c1-19(2,3)15-8-4-14(5-9-15)18(22)24-16-10-6-13(7-11-16)17-21-20-12-23-17/h4-12H,1-3H3. The van der Waals surface area contributed by atoms with Gasteiger partial charge in [0.2, 0.25) is 12.3 Å². The van der Waals surface area contributed by atoms with Crippen molar-refractivity contribution in [3.8, 4) is 17.2 Å². The summed E-state index contributed by atoms with van der Waals surface area (Å²) in [5.41, 5.74) is 2.50. The van der Waals surface area contributed by atoms with Crippen LogP contribution in [0.4, 0.5) is 0 Å². The van der Waals surface area contributed by atoms with Gasteiger partial charge < -0.3 is 9.15 Å². The van der Waals surface area contributed by atoms with Gasteiger partial charge in [-0.05, 0) is 47.4 Å². The molecule has 0 aliphatic heterocycles. The van der Waals surface area contributed by atoms with E-state index in [-0.39, 0.29) is 11.4 Å². The first kappa shape index (κ1) is 15.9. The van der Waals surface area contributed by atoms with E-state index < -0.39 is 0 Å². The van der Waals surface area contributed by atoms with Crippen LogP contribution >= 0.6 is 0 Å². The van der Waals surface area contributed by atoms with Crippen molar-refractivity contribution in [2.45, 2.75) is 26.2 Å². The fourth-order valence-corrected chi connectivity index (χ4v) is 2.24. The molecule has 0 fully saturated rings. The maximum absolute atomic E-state index is 12.2. The number of rotatable bonds is 3. The van der Waals surface area contributed by atoms with Gasteiger partial charge in [-0.3, -0.25) is 0 Å². The van der Waals surface area contributed by atoms with Crippen molar-refractivity contribution < 1.29 is 13.9 Å². The van der Waals surface area contributed by atoms with E-state index in [9.17, 15) is 4.79 Å². The summed E-state index contributed by atoms with van der Waals surface area (Å²) in [5, 5.41) is 7.46. The van der Waals surface area contributed by atoms with Crippen LogP contribution in [-0.2, 0) is 5.41 Å². The van der Waals surface area contributed by atoms with Crippen LogP contribution < -0.4 is 4.74 Å². The molecule has 1 heterocycles. The van der Waals surface area contributed by atoms with Crippen LogP contribution in [0.2, 0.25) is 0 Å². The first-order valence-electron chi connectivity index (χ1n) is 7.63. The molecule has 0 aliphatic carbocycles. The maximum atomic E-state index is 12.2. The van der Waals surface area contributed by atoms with Gasteiger partial charge in [-0.15, -0.1) is 10.2 Å². The van der Waals surface area contributed by atoms with Gasteiger partial charge in [0, 0.05) is 5.56 Å². The van der Waals surface area contributed by atoms with Crippen molar-refractivity contribution in [2.24, 2.45) is 0 Å². The molecule has 0 radical (unpaired) electrons. The number of hydrogen-bond donors (Lipinski definition) is 0. The predicted octanol–water partition coefficient (Wildman–Crippen LogP) is 4.25. The van der Waals surface area contributed by atoms with E-state index in [4.69, 9.17) is 9.15 Å². The number of benzene rings is 2. The molecule has 0 saturated heterocycles. The minimum absolute atomic E-state index is 0.0486. The average molecular weight is 322 g/mol. The number of ether oxygens (including phenoxy) is 1. The zero-order valence-corrected chi connectivity index (χ0v) is 13.8. The van der Waals surface area contributed by atoms with E-state index in [1.54, 1.807) is 36.4 Å². The van der Waals surface area contributed by atoms with Crippen LogP contribution in [0, 0.1) is 0 Å². The van der Waals surface area contributed by atoms with Crippen LogP contribution in [0.1, 0.15) is 36.7 Å². The molecule has 24 heavy (non-hydrogen) atoms. The largest absolute Gasteiger partial charge is 0.423 e. The number of aromatic nitrogens is 2. The molecule has 5 nitrogen and oxygen atoms in total. The molecular weight excluding hydrogens is 304 g/mol. The molecule has 0 spiro atoms. The van der Waals surface area contributed by atoms with Gasteiger partial charge in [0.05, 0.1) is 5.56 Å². The first-order chi connectivity index (χ1) is 11.4. The predicted molar refractivity (Wildman–Crippen MR) is 89.8 cm³/mol. The Morgan fingerprint density at radius 1 is 1.00 bits per heavy atom. The van der Waals surface area contributed by atoms with E-state index in [0.29, 0.717) is 17.2 Å². The van der Waals surface area contributed by atoms with Crippen molar-refractivity contribution in [2.75, 3.05) is 0 Å². The topological polar surface area (TPSA) is 65.2 Å². The highest BCUT2D eigenvalue weighted by Crippen LogP contribution is 2.23. The van der Waals surface area contributed by atoms with Gasteiger partial charge >= 0.3 is 5.97 Å². The Morgan fingerprint density at radius 2 is 1.67 bits per heavy atom. The molecular formula is C19H18N2O3. The third kappa shape index (κ3) is 3.51.